The first-order chi connectivity index (χ1) is 17.1. The van der Waals surface area contributed by atoms with Gasteiger partial charge in [-0.05, 0) is 19.9 Å². The van der Waals surface area contributed by atoms with Crippen molar-refractivity contribution in [3.8, 4) is 17.1 Å². The molecule has 4 heterocycles. The van der Waals surface area contributed by atoms with Crippen LogP contribution in [-0.2, 0) is 15.7 Å². The summed E-state index contributed by atoms with van der Waals surface area (Å²) in [5, 5.41) is 0. The quantitative estimate of drug-likeness (QED) is 0.646. The van der Waals surface area contributed by atoms with Gasteiger partial charge in [-0.1, -0.05) is 0 Å². The predicted molar refractivity (Wildman–Crippen MR) is 125 cm³/mol. The van der Waals surface area contributed by atoms with Gasteiger partial charge in [0.25, 0.3) is 0 Å². The second-order valence-corrected chi connectivity index (χ2v) is 8.88. The Morgan fingerprint density at radius 2 is 1.83 bits per heavy atom. The van der Waals surface area contributed by atoms with E-state index >= 15 is 0 Å². The molecule has 13 heteroatoms. The number of carbonyl (C=O) groups excluding carboxylic acids is 1. The van der Waals surface area contributed by atoms with E-state index in [-0.39, 0.29) is 47.2 Å². The van der Waals surface area contributed by atoms with Crippen LogP contribution in [0.1, 0.15) is 32.3 Å². The highest BCUT2D eigenvalue weighted by Gasteiger charge is 2.35. The van der Waals surface area contributed by atoms with E-state index in [1.807, 2.05) is 4.90 Å². The molecule has 0 spiro atoms. The number of hydrogen-bond acceptors (Lipinski definition) is 9. The highest BCUT2D eigenvalue weighted by atomic mass is 19.4. The van der Waals surface area contributed by atoms with Crippen LogP contribution in [0.15, 0.2) is 18.3 Å². The zero-order valence-electron chi connectivity index (χ0n) is 20.1. The van der Waals surface area contributed by atoms with Crippen LogP contribution in [0.2, 0.25) is 0 Å². The standard InChI is InChI=1S/C23H29F3N6O4/c1-14(2)35-22(33)32-5-3-15(4-6-32)36-20-12-18(29-21(30-20)31-7-9-34-10-8-31)16-13-28-19(27)11-17(16)23(24,25)26/h11-15H,3-10H2,1-2H3,(H2,27,28). The number of rotatable bonds is 5. The van der Waals surface area contributed by atoms with Crippen molar-refractivity contribution in [3.63, 3.8) is 0 Å². The first kappa shape index (κ1) is 25.7. The van der Waals surface area contributed by atoms with Gasteiger partial charge in [0.2, 0.25) is 11.8 Å². The summed E-state index contributed by atoms with van der Waals surface area (Å²) >= 11 is 0. The molecule has 2 saturated heterocycles. The van der Waals surface area contributed by atoms with Gasteiger partial charge in [0.15, 0.2) is 0 Å². The molecule has 196 valence electrons. The monoisotopic (exact) mass is 510 g/mol. The van der Waals surface area contributed by atoms with Crippen molar-refractivity contribution in [2.24, 2.45) is 0 Å². The van der Waals surface area contributed by atoms with E-state index in [0.717, 1.165) is 12.3 Å². The van der Waals surface area contributed by atoms with Gasteiger partial charge in [-0.25, -0.2) is 14.8 Å². The third-order valence-electron chi connectivity index (χ3n) is 5.82. The molecule has 0 unspecified atom stereocenters. The third kappa shape index (κ3) is 6.25. The van der Waals surface area contributed by atoms with E-state index in [2.05, 4.69) is 15.0 Å². The maximum atomic E-state index is 13.8. The average molecular weight is 511 g/mol. The summed E-state index contributed by atoms with van der Waals surface area (Å²) in [5.74, 6) is 0.149. The van der Waals surface area contributed by atoms with Gasteiger partial charge >= 0.3 is 12.3 Å². The van der Waals surface area contributed by atoms with Crippen LogP contribution in [0, 0.1) is 0 Å². The molecule has 0 atom stereocenters. The van der Waals surface area contributed by atoms with Gasteiger partial charge in [-0.3, -0.25) is 0 Å². The third-order valence-corrected chi connectivity index (χ3v) is 5.82. The lowest BCUT2D eigenvalue weighted by Crippen LogP contribution is -2.42. The molecule has 36 heavy (non-hydrogen) atoms. The number of aromatic nitrogens is 3. The molecule has 4 rings (SSSR count). The summed E-state index contributed by atoms with van der Waals surface area (Å²) in [6.07, 6.45) is -3.42. The molecule has 0 bridgehead atoms. The normalized spacial score (nSPS) is 17.4. The maximum Gasteiger partial charge on any atom is 0.417 e. The van der Waals surface area contributed by atoms with Crippen LogP contribution < -0.4 is 15.4 Å². The van der Waals surface area contributed by atoms with E-state index in [1.54, 1.807) is 18.7 Å². The first-order valence-electron chi connectivity index (χ1n) is 11.8. The number of hydrogen-bond donors (Lipinski definition) is 1. The number of halogens is 3. The molecule has 0 aromatic carbocycles. The second-order valence-electron chi connectivity index (χ2n) is 8.88. The fourth-order valence-electron chi connectivity index (χ4n) is 4.03. The molecule has 2 aromatic rings. The maximum absolute atomic E-state index is 13.8. The van der Waals surface area contributed by atoms with Gasteiger partial charge in [-0.15, -0.1) is 0 Å². The van der Waals surface area contributed by atoms with Crippen molar-refractivity contribution in [1.29, 1.82) is 0 Å². The minimum Gasteiger partial charge on any atom is -0.474 e. The Labute approximate surface area is 206 Å². The smallest absolute Gasteiger partial charge is 0.417 e. The summed E-state index contributed by atoms with van der Waals surface area (Å²) in [6, 6.07) is 2.17. The van der Waals surface area contributed by atoms with E-state index < -0.39 is 11.7 Å². The number of nitrogens with zero attached hydrogens (tertiary/aromatic N) is 5. The predicted octanol–water partition coefficient (Wildman–Crippen LogP) is 3.36. The molecule has 1 amide bonds. The van der Waals surface area contributed by atoms with E-state index in [9.17, 15) is 18.0 Å². The van der Waals surface area contributed by atoms with Gasteiger partial charge in [0.1, 0.15) is 11.9 Å². The van der Waals surface area contributed by atoms with Crippen molar-refractivity contribution in [1.82, 2.24) is 19.9 Å². The lowest BCUT2D eigenvalue weighted by Gasteiger charge is -2.32. The number of likely N-dealkylation sites (tertiary alicyclic amines) is 1. The minimum absolute atomic E-state index is 0.0271. The summed E-state index contributed by atoms with van der Waals surface area (Å²) in [4.78, 5) is 28.4. The first-order valence-corrected chi connectivity index (χ1v) is 11.8. The average Bonchev–Trinajstić information content (AvgIpc) is 2.84. The number of anilines is 2. The molecular weight excluding hydrogens is 481 g/mol. The summed E-state index contributed by atoms with van der Waals surface area (Å²) in [6.45, 7) is 6.32. The largest absolute Gasteiger partial charge is 0.474 e. The molecule has 2 N–H and O–H groups in total. The van der Waals surface area contributed by atoms with Gasteiger partial charge in [0, 0.05) is 56.8 Å². The number of nitrogens with two attached hydrogens (primary N) is 1. The second kappa shape index (κ2) is 10.7. The molecule has 0 aliphatic carbocycles. The van der Waals surface area contributed by atoms with Gasteiger partial charge < -0.3 is 29.7 Å². The van der Waals surface area contributed by atoms with Crippen LogP contribution in [0.25, 0.3) is 11.3 Å². The molecule has 2 fully saturated rings. The topological polar surface area (TPSA) is 116 Å². The lowest BCUT2D eigenvalue weighted by atomic mass is 10.1. The van der Waals surface area contributed by atoms with E-state index in [1.165, 1.54) is 6.07 Å². The highest BCUT2D eigenvalue weighted by molar-refractivity contribution is 5.68. The van der Waals surface area contributed by atoms with Crippen LogP contribution in [0.4, 0.5) is 29.7 Å². The van der Waals surface area contributed by atoms with Crippen LogP contribution in [0.5, 0.6) is 5.88 Å². The fraction of sp³-hybridized carbons (Fsp3) is 0.565. The van der Waals surface area contributed by atoms with Crippen LogP contribution in [-0.4, -0.2) is 77.5 Å². The zero-order valence-corrected chi connectivity index (χ0v) is 20.1. The van der Waals surface area contributed by atoms with Crippen molar-refractivity contribution in [2.45, 2.75) is 45.1 Å². The summed E-state index contributed by atoms with van der Waals surface area (Å²) in [7, 11) is 0. The van der Waals surface area contributed by atoms with E-state index in [0.29, 0.717) is 52.2 Å². The summed E-state index contributed by atoms with van der Waals surface area (Å²) in [5.41, 5.74) is 4.40. The highest BCUT2D eigenvalue weighted by Crippen LogP contribution is 2.38. The molecule has 10 nitrogen and oxygen atoms in total. The molecule has 0 radical (unpaired) electrons. The van der Waals surface area contributed by atoms with Crippen molar-refractivity contribution < 1.29 is 32.2 Å². The number of pyridine rings is 1. The van der Waals surface area contributed by atoms with E-state index in [4.69, 9.17) is 19.9 Å². The molecule has 2 aliphatic heterocycles. The van der Waals surface area contributed by atoms with Crippen LogP contribution >= 0.6 is 0 Å². The SMILES string of the molecule is CC(C)OC(=O)N1CCC(Oc2cc(-c3cnc(N)cc3C(F)(F)F)nc(N3CCOCC3)n2)CC1. The van der Waals surface area contributed by atoms with Crippen molar-refractivity contribution in [2.75, 3.05) is 50.0 Å². The fourth-order valence-corrected chi connectivity index (χ4v) is 4.03. The Balaban J connectivity index is 1.60. The number of carbonyl (C=O) groups is 1. The number of piperidine rings is 1. The Hall–Kier alpha value is -3.35. The lowest BCUT2D eigenvalue weighted by molar-refractivity contribution is -0.137. The molecule has 2 aliphatic rings. The number of alkyl halides is 3. The number of morpholine rings is 1. The van der Waals surface area contributed by atoms with Crippen molar-refractivity contribution >= 4 is 17.9 Å². The van der Waals surface area contributed by atoms with Crippen LogP contribution in [0.3, 0.4) is 0 Å². The number of amides is 1. The summed E-state index contributed by atoms with van der Waals surface area (Å²) < 4.78 is 58.1. The molecule has 0 saturated carbocycles. The molecular formula is C23H29F3N6O4. The Bertz CT molecular complexity index is 1070. The number of nitrogen functional groups attached to an aromatic ring is 1. The zero-order chi connectivity index (χ0) is 25.9. The Morgan fingerprint density at radius 3 is 2.47 bits per heavy atom. The number of ether oxygens (including phenoxy) is 3. The van der Waals surface area contributed by atoms with Gasteiger partial charge in [0.05, 0.1) is 30.6 Å². The Kier molecular flexibility index (Phi) is 7.67. The van der Waals surface area contributed by atoms with Gasteiger partial charge in [-0.2, -0.15) is 18.2 Å². The molecule has 2 aromatic heterocycles. The Morgan fingerprint density at radius 1 is 1.14 bits per heavy atom. The minimum atomic E-state index is -4.66. The van der Waals surface area contributed by atoms with Crippen molar-refractivity contribution in [3.05, 3.63) is 23.9 Å².